The average molecular weight is 332 g/mol. The molecule has 2 rings (SSSR count). The van der Waals surface area contributed by atoms with Gasteiger partial charge in [-0.2, -0.15) is 0 Å². The van der Waals surface area contributed by atoms with Crippen LogP contribution < -0.4 is 10.6 Å². The van der Waals surface area contributed by atoms with Gasteiger partial charge in [-0.3, -0.25) is 0 Å². The number of nitrogens with one attached hydrogen (secondary N) is 2. The Bertz CT molecular complexity index is 678. The van der Waals surface area contributed by atoms with Gasteiger partial charge in [-0.05, 0) is 42.9 Å². The van der Waals surface area contributed by atoms with Gasteiger partial charge in [-0.25, -0.2) is 0 Å². The van der Waals surface area contributed by atoms with E-state index in [1.807, 2.05) is 13.0 Å². The number of aliphatic hydroxyl groups is 1. The SMILES string of the molecule is C[C@@H](NC(=S)NCC(O)c1ccccc1O)c1cccc(O)c1. The molecule has 2 aromatic rings. The Morgan fingerprint density at radius 2 is 1.87 bits per heavy atom. The first kappa shape index (κ1) is 17.1. The smallest absolute Gasteiger partial charge is 0.166 e. The van der Waals surface area contributed by atoms with Crippen molar-refractivity contribution >= 4 is 17.3 Å². The van der Waals surface area contributed by atoms with Gasteiger partial charge in [0.1, 0.15) is 11.5 Å². The van der Waals surface area contributed by atoms with Gasteiger partial charge in [-0.1, -0.05) is 30.3 Å². The minimum atomic E-state index is -0.868. The van der Waals surface area contributed by atoms with Crippen LogP contribution in [0.2, 0.25) is 0 Å². The van der Waals surface area contributed by atoms with Gasteiger partial charge in [0.15, 0.2) is 5.11 Å². The predicted octanol–water partition coefficient (Wildman–Crippen LogP) is 2.36. The monoisotopic (exact) mass is 332 g/mol. The molecule has 1 unspecified atom stereocenters. The third-order valence-corrected chi connectivity index (χ3v) is 3.73. The lowest BCUT2D eigenvalue weighted by molar-refractivity contribution is 0.177. The maximum atomic E-state index is 10.1. The minimum Gasteiger partial charge on any atom is -0.508 e. The molecule has 23 heavy (non-hydrogen) atoms. The van der Waals surface area contributed by atoms with Crippen LogP contribution in [-0.2, 0) is 0 Å². The van der Waals surface area contributed by atoms with E-state index < -0.39 is 6.10 Å². The van der Waals surface area contributed by atoms with Gasteiger partial charge in [0.2, 0.25) is 0 Å². The lowest BCUT2D eigenvalue weighted by Gasteiger charge is -2.19. The van der Waals surface area contributed by atoms with Crippen LogP contribution in [0, 0.1) is 0 Å². The fraction of sp³-hybridized carbons (Fsp3) is 0.235. The molecule has 0 aliphatic heterocycles. The van der Waals surface area contributed by atoms with E-state index in [2.05, 4.69) is 10.6 Å². The van der Waals surface area contributed by atoms with Crippen molar-refractivity contribution in [1.82, 2.24) is 10.6 Å². The number of aliphatic hydroxyl groups excluding tert-OH is 1. The number of phenols is 2. The summed E-state index contributed by atoms with van der Waals surface area (Å²) in [4.78, 5) is 0. The summed E-state index contributed by atoms with van der Waals surface area (Å²) in [5.74, 6) is 0.249. The first-order valence-electron chi connectivity index (χ1n) is 7.26. The highest BCUT2D eigenvalue weighted by Crippen LogP contribution is 2.23. The number of thiocarbonyl (C=S) groups is 1. The summed E-state index contributed by atoms with van der Waals surface area (Å²) in [6, 6.07) is 13.5. The highest BCUT2D eigenvalue weighted by atomic mass is 32.1. The van der Waals surface area contributed by atoms with Gasteiger partial charge < -0.3 is 26.0 Å². The van der Waals surface area contributed by atoms with Crippen molar-refractivity contribution in [3.05, 3.63) is 59.7 Å². The van der Waals surface area contributed by atoms with E-state index >= 15 is 0 Å². The third kappa shape index (κ3) is 4.84. The molecule has 2 aromatic carbocycles. The van der Waals surface area contributed by atoms with Crippen molar-refractivity contribution < 1.29 is 15.3 Å². The summed E-state index contributed by atoms with van der Waals surface area (Å²) in [6.45, 7) is 2.10. The van der Waals surface area contributed by atoms with Crippen LogP contribution in [0.5, 0.6) is 11.5 Å². The van der Waals surface area contributed by atoms with Crippen LogP contribution in [-0.4, -0.2) is 27.0 Å². The molecule has 5 nitrogen and oxygen atoms in total. The summed E-state index contributed by atoms with van der Waals surface area (Å²) in [6.07, 6.45) is -0.868. The Kier molecular flexibility index (Phi) is 5.78. The zero-order chi connectivity index (χ0) is 16.8. The largest absolute Gasteiger partial charge is 0.508 e. The predicted molar refractivity (Wildman–Crippen MR) is 93.3 cm³/mol. The summed E-state index contributed by atoms with van der Waals surface area (Å²) >= 11 is 5.21. The molecule has 6 heteroatoms. The van der Waals surface area contributed by atoms with Gasteiger partial charge in [-0.15, -0.1) is 0 Å². The van der Waals surface area contributed by atoms with Crippen LogP contribution in [0.4, 0.5) is 0 Å². The van der Waals surface area contributed by atoms with Gasteiger partial charge in [0, 0.05) is 12.1 Å². The van der Waals surface area contributed by atoms with Crippen LogP contribution >= 0.6 is 12.2 Å². The number of rotatable bonds is 5. The summed E-state index contributed by atoms with van der Waals surface area (Å²) in [7, 11) is 0. The lowest BCUT2D eigenvalue weighted by Crippen LogP contribution is -2.38. The molecule has 122 valence electrons. The Hall–Kier alpha value is -2.31. The van der Waals surface area contributed by atoms with Gasteiger partial charge in [0.05, 0.1) is 12.1 Å². The second kappa shape index (κ2) is 7.80. The standard InChI is InChI=1S/C17H20N2O3S/c1-11(12-5-4-6-13(20)9-12)19-17(23)18-10-16(22)14-7-2-3-8-15(14)21/h2-9,11,16,20-22H,10H2,1H3,(H2,18,19,23)/t11-,16?/m1/s1. The second-order valence-electron chi connectivity index (χ2n) is 5.25. The molecule has 2 atom stereocenters. The first-order chi connectivity index (χ1) is 11.0. The summed E-state index contributed by atoms with van der Waals surface area (Å²) < 4.78 is 0. The molecule has 0 aromatic heterocycles. The van der Waals surface area contributed by atoms with E-state index in [1.54, 1.807) is 36.4 Å². The maximum Gasteiger partial charge on any atom is 0.166 e. The number of para-hydroxylation sites is 1. The molecular formula is C17H20N2O3S. The van der Waals surface area contributed by atoms with E-state index in [9.17, 15) is 15.3 Å². The number of aromatic hydroxyl groups is 2. The Morgan fingerprint density at radius 3 is 2.57 bits per heavy atom. The molecule has 0 aliphatic carbocycles. The molecule has 0 heterocycles. The highest BCUT2D eigenvalue weighted by molar-refractivity contribution is 7.80. The highest BCUT2D eigenvalue weighted by Gasteiger charge is 2.13. The van der Waals surface area contributed by atoms with E-state index in [0.717, 1.165) is 5.56 Å². The topological polar surface area (TPSA) is 84.8 Å². The maximum absolute atomic E-state index is 10.1. The van der Waals surface area contributed by atoms with Crippen molar-refractivity contribution in [2.75, 3.05) is 6.54 Å². The molecule has 0 amide bonds. The Morgan fingerprint density at radius 1 is 1.13 bits per heavy atom. The number of hydrogen-bond donors (Lipinski definition) is 5. The van der Waals surface area contributed by atoms with Crippen molar-refractivity contribution in [2.24, 2.45) is 0 Å². The summed E-state index contributed by atoms with van der Waals surface area (Å²) in [5.41, 5.74) is 1.35. The van der Waals surface area contributed by atoms with Crippen LogP contribution in [0.25, 0.3) is 0 Å². The van der Waals surface area contributed by atoms with Crippen molar-refractivity contribution in [1.29, 1.82) is 0 Å². The fourth-order valence-corrected chi connectivity index (χ4v) is 2.45. The van der Waals surface area contributed by atoms with E-state index in [1.165, 1.54) is 6.07 Å². The van der Waals surface area contributed by atoms with E-state index in [4.69, 9.17) is 12.2 Å². The van der Waals surface area contributed by atoms with Crippen molar-refractivity contribution in [3.63, 3.8) is 0 Å². The van der Waals surface area contributed by atoms with E-state index in [-0.39, 0.29) is 24.1 Å². The first-order valence-corrected chi connectivity index (χ1v) is 7.67. The Labute approximate surface area is 140 Å². The zero-order valence-corrected chi connectivity index (χ0v) is 13.5. The zero-order valence-electron chi connectivity index (χ0n) is 12.7. The average Bonchev–Trinajstić information content (AvgIpc) is 2.53. The molecule has 0 bridgehead atoms. The second-order valence-corrected chi connectivity index (χ2v) is 5.65. The third-order valence-electron chi connectivity index (χ3n) is 3.47. The minimum absolute atomic E-state index is 0.0498. The lowest BCUT2D eigenvalue weighted by atomic mass is 10.1. The van der Waals surface area contributed by atoms with Crippen molar-refractivity contribution in [3.8, 4) is 11.5 Å². The number of phenolic OH excluding ortho intramolecular Hbond substituents is 2. The van der Waals surface area contributed by atoms with E-state index in [0.29, 0.717) is 10.7 Å². The Balaban J connectivity index is 1.86. The number of hydrogen-bond acceptors (Lipinski definition) is 4. The molecule has 0 radical (unpaired) electrons. The fourth-order valence-electron chi connectivity index (χ4n) is 2.19. The molecule has 0 saturated heterocycles. The van der Waals surface area contributed by atoms with Crippen LogP contribution in [0.15, 0.2) is 48.5 Å². The van der Waals surface area contributed by atoms with Gasteiger partial charge in [0.25, 0.3) is 0 Å². The molecule has 0 fully saturated rings. The molecule has 0 saturated carbocycles. The van der Waals surface area contributed by atoms with Crippen LogP contribution in [0.3, 0.4) is 0 Å². The molecule has 5 N–H and O–H groups in total. The molecular weight excluding hydrogens is 312 g/mol. The normalized spacial score (nSPS) is 13.1. The molecule has 0 spiro atoms. The van der Waals surface area contributed by atoms with Crippen molar-refractivity contribution in [2.45, 2.75) is 19.1 Å². The number of benzene rings is 2. The summed E-state index contributed by atoms with van der Waals surface area (Å²) in [5, 5.41) is 35.7. The quantitative estimate of drug-likeness (QED) is 0.541. The van der Waals surface area contributed by atoms with Crippen LogP contribution in [0.1, 0.15) is 30.2 Å². The van der Waals surface area contributed by atoms with Gasteiger partial charge >= 0.3 is 0 Å². The molecule has 0 aliphatic rings.